The van der Waals surface area contributed by atoms with Gasteiger partial charge in [-0.25, -0.2) is 0 Å². The van der Waals surface area contributed by atoms with Crippen molar-refractivity contribution in [3.05, 3.63) is 40.1 Å². The summed E-state index contributed by atoms with van der Waals surface area (Å²) in [4.78, 5) is 16.4. The van der Waals surface area contributed by atoms with E-state index in [0.29, 0.717) is 5.56 Å². The molecule has 0 fully saturated rings. The normalized spacial score (nSPS) is 16.9. The first-order chi connectivity index (χ1) is 7.68. The molecule has 2 rings (SSSR count). The molecule has 0 saturated heterocycles. The Morgan fingerprint density at radius 1 is 1.56 bits per heavy atom. The third-order valence-electron chi connectivity index (χ3n) is 2.72. The number of aromatic nitrogens is 1. The summed E-state index contributed by atoms with van der Waals surface area (Å²) in [5.41, 5.74) is 1.68. The molecule has 1 aromatic heterocycles. The minimum absolute atomic E-state index is 0.0432. The van der Waals surface area contributed by atoms with Crippen LogP contribution >= 0.6 is 0 Å². The molecule has 1 aliphatic heterocycles. The minimum atomic E-state index is -0.422. The van der Waals surface area contributed by atoms with Gasteiger partial charge >= 0.3 is 5.82 Å². The predicted octanol–water partition coefficient (Wildman–Crippen LogP) is 1.71. The van der Waals surface area contributed by atoms with E-state index in [9.17, 15) is 10.1 Å². The Labute approximate surface area is 93.6 Å². The number of nitro groups is 1. The summed E-state index contributed by atoms with van der Waals surface area (Å²) >= 11 is 0. The SMILES string of the molecule is CN1CC=C(c2cccnc2[N+](=O)[O-])CC1. The van der Waals surface area contributed by atoms with E-state index in [1.807, 2.05) is 13.1 Å². The van der Waals surface area contributed by atoms with Crippen LogP contribution in [-0.2, 0) is 0 Å². The minimum Gasteiger partial charge on any atom is -0.358 e. The number of likely N-dealkylation sites (N-methyl/N-ethyl adjacent to an activating group) is 1. The summed E-state index contributed by atoms with van der Waals surface area (Å²) in [5, 5.41) is 10.8. The molecule has 0 saturated carbocycles. The monoisotopic (exact) mass is 219 g/mol. The first-order valence-corrected chi connectivity index (χ1v) is 5.16. The molecule has 1 aromatic rings. The number of nitrogens with zero attached hydrogens (tertiary/aromatic N) is 3. The van der Waals surface area contributed by atoms with Crippen molar-refractivity contribution in [2.24, 2.45) is 0 Å². The van der Waals surface area contributed by atoms with Crippen LogP contribution in [0.15, 0.2) is 24.4 Å². The summed E-state index contributed by atoms with van der Waals surface area (Å²) in [7, 11) is 2.03. The van der Waals surface area contributed by atoms with E-state index >= 15 is 0 Å². The zero-order valence-corrected chi connectivity index (χ0v) is 9.09. The van der Waals surface area contributed by atoms with Gasteiger partial charge in [-0.2, -0.15) is 0 Å². The van der Waals surface area contributed by atoms with Crippen molar-refractivity contribution in [2.75, 3.05) is 20.1 Å². The Kier molecular flexibility index (Phi) is 2.96. The number of rotatable bonds is 2. The molecule has 0 aliphatic carbocycles. The van der Waals surface area contributed by atoms with Gasteiger partial charge in [0.25, 0.3) is 0 Å². The summed E-state index contributed by atoms with van der Waals surface area (Å²) in [6.45, 7) is 1.76. The van der Waals surface area contributed by atoms with Gasteiger partial charge in [-0.15, -0.1) is 0 Å². The van der Waals surface area contributed by atoms with E-state index in [0.717, 1.165) is 25.1 Å². The summed E-state index contributed by atoms with van der Waals surface area (Å²) in [6.07, 6.45) is 4.33. The van der Waals surface area contributed by atoms with E-state index in [-0.39, 0.29) is 5.82 Å². The lowest BCUT2D eigenvalue weighted by molar-refractivity contribution is -0.389. The van der Waals surface area contributed by atoms with Gasteiger partial charge in [0, 0.05) is 13.1 Å². The number of hydrogen-bond acceptors (Lipinski definition) is 4. The van der Waals surface area contributed by atoms with E-state index in [1.165, 1.54) is 6.20 Å². The van der Waals surface area contributed by atoms with E-state index in [4.69, 9.17) is 0 Å². The van der Waals surface area contributed by atoms with Crippen molar-refractivity contribution < 1.29 is 4.92 Å². The topological polar surface area (TPSA) is 59.3 Å². The van der Waals surface area contributed by atoms with Crippen molar-refractivity contribution in [3.63, 3.8) is 0 Å². The lowest BCUT2D eigenvalue weighted by atomic mass is 10.0. The van der Waals surface area contributed by atoms with Gasteiger partial charge in [0.15, 0.2) is 0 Å². The molecule has 0 radical (unpaired) electrons. The van der Waals surface area contributed by atoms with Crippen LogP contribution < -0.4 is 0 Å². The van der Waals surface area contributed by atoms with Gasteiger partial charge in [-0.3, -0.25) is 0 Å². The Hall–Kier alpha value is -1.75. The van der Waals surface area contributed by atoms with Crippen LogP contribution in [-0.4, -0.2) is 34.9 Å². The molecule has 16 heavy (non-hydrogen) atoms. The highest BCUT2D eigenvalue weighted by atomic mass is 16.6. The van der Waals surface area contributed by atoms with Crippen molar-refractivity contribution in [1.82, 2.24) is 9.88 Å². The van der Waals surface area contributed by atoms with Gasteiger partial charge in [0.2, 0.25) is 0 Å². The lowest BCUT2D eigenvalue weighted by Gasteiger charge is -2.21. The fraction of sp³-hybridized carbons (Fsp3) is 0.364. The second-order valence-corrected chi connectivity index (χ2v) is 3.87. The second kappa shape index (κ2) is 4.40. The van der Waals surface area contributed by atoms with Gasteiger partial charge in [-0.1, -0.05) is 6.08 Å². The highest BCUT2D eigenvalue weighted by Gasteiger charge is 2.19. The summed E-state index contributed by atoms with van der Waals surface area (Å²) in [6, 6.07) is 3.50. The van der Waals surface area contributed by atoms with Gasteiger partial charge in [-0.05, 0) is 41.1 Å². The molecule has 84 valence electrons. The molecule has 0 amide bonds. The van der Waals surface area contributed by atoms with Crippen LogP contribution in [0.25, 0.3) is 5.57 Å². The van der Waals surface area contributed by atoms with Crippen LogP contribution in [0, 0.1) is 10.1 Å². The molecule has 5 nitrogen and oxygen atoms in total. The maximum absolute atomic E-state index is 10.8. The van der Waals surface area contributed by atoms with E-state index < -0.39 is 4.92 Å². The van der Waals surface area contributed by atoms with Crippen molar-refractivity contribution in [2.45, 2.75) is 6.42 Å². The zero-order chi connectivity index (χ0) is 11.5. The van der Waals surface area contributed by atoms with Gasteiger partial charge in [0.1, 0.15) is 6.20 Å². The number of pyridine rings is 1. The molecule has 0 bridgehead atoms. The van der Waals surface area contributed by atoms with Crippen molar-refractivity contribution in [1.29, 1.82) is 0 Å². The lowest BCUT2D eigenvalue weighted by Crippen LogP contribution is -2.23. The van der Waals surface area contributed by atoms with Crippen LogP contribution in [0.1, 0.15) is 12.0 Å². The molecule has 5 heteroatoms. The molecule has 2 heterocycles. The molecular weight excluding hydrogens is 206 g/mol. The summed E-state index contributed by atoms with van der Waals surface area (Å²) < 4.78 is 0. The largest absolute Gasteiger partial charge is 0.370 e. The predicted molar refractivity (Wildman–Crippen MR) is 61.0 cm³/mol. The fourth-order valence-corrected chi connectivity index (χ4v) is 1.81. The highest BCUT2D eigenvalue weighted by Crippen LogP contribution is 2.27. The highest BCUT2D eigenvalue weighted by molar-refractivity contribution is 5.71. The third kappa shape index (κ3) is 2.09. The molecular formula is C11H13N3O2. The molecule has 0 atom stereocenters. The summed E-state index contributed by atoms with van der Waals surface area (Å²) in [5.74, 6) is -0.0432. The average Bonchev–Trinajstić information content (AvgIpc) is 2.30. The van der Waals surface area contributed by atoms with Crippen LogP contribution in [0.2, 0.25) is 0 Å². The molecule has 0 N–H and O–H groups in total. The quantitative estimate of drug-likeness (QED) is 0.561. The van der Waals surface area contributed by atoms with E-state index in [1.54, 1.807) is 12.1 Å². The Morgan fingerprint density at radius 3 is 3.00 bits per heavy atom. The molecule has 0 spiro atoms. The molecule has 0 unspecified atom stereocenters. The fourth-order valence-electron chi connectivity index (χ4n) is 1.81. The standard InChI is InChI=1S/C11H13N3O2/c1-13-7-4-9(5-8-13)10-3-2-6-12-11(10)14(15)16/h2-4,6H,5,7-8H2,1H3. The number of hydrogen-bond donors (Lipinski definition) is 0. The first-order valence-electron chi connectivity index (χ1n) is 5.16. The smallest absolute Gasteiger partial charge is 0.358 e. The van der Waals surface area contributed by atoms with Crippen LogP contribution in [0.3, 0.4) is 0 Å². The maximum Gasteiger partial charge on any atom is 0.370 e. The maximum atomic E-state index is 10.8. The Balaban J connectivity index is 2.37. The molecule has 0 aromatic carbocycles. The Bertz CT molecular complexity index is 443. The molecule has 1 aliphatic rings. The van der Waals surface area contributed by atoms with Gasteiger partial charge < -0.3 is 15.0 Å². The van der Waals surface area contributed by atoms with Gasteiger partial charge in [0.05, 0.1) is 5.56 Å². The van der Waals surface area contributed by atoms with Crippen LogP contribution in [0.5, 0.6) is 0 Å². The van der Waals surface area contributed by atoms with Crippen molar-refractivity contribution in [3.8, 4) is 0 Å². The van der Waals surface area contributed by atoms with E-state index in [2.05, 4.69) is 9.88 Å². The second-order valence-electron chi connectivity index (χ2n) is 3.87. The average molecular weight is 219 g/mol. The van der Waals surface area contributed by atoms with Crippen LogP contribution in [0.4, 0.5) is 5.82 Å². The first kappa shape index (κ1) is 10.8. The zero-order valence-electron chi connectivity index (χ0n) is 9.09. The van der Waals surface area contributed by atoms with Crippen molar-refractivity contribution >= 4 is 11.4 Å². The third-order valence-corrected chi connectivity index (χ3v) is 2.72. The Morgan fingerprint density at radius 2 is 2.38 bits per heavy atom.